The van der Waals surface area contributed by atoms with Crippen molar-refractivity contribution in [1.29, 1.82) is 0 Å². The minimum Gasteiger partial charge on any atom is -0.450 e. The third kappa shape index (κ3) is 2.25. The Hall–Kier alpha value is -2.17. The van der Waals surface area contributed by atoms with E-state index in [0.717, 1.165) is 10.8 Å². The van der Waals surface area contributed by atoms with E-state index in [-0.39, 0.29) is 0 Å². The summed E-state index contributed by atoms with van der Waals surface area (Å²) in [6, 6.07) is 5.48. The van der Waals surface area contributed by atoms with Gasteiger partial charge in [0.05, 0.1) is 19.0 Å². The molecule has 2 rings (SSSR count). The van der Waals surface area contributed by atoms with Crippen LogP contribution in [-0.2, 0) is 4.74 Å². The van der Waals surface area contributed by atoms with E-state index in [1.165, 1.54) is 0 Å². The third-order valence-corrected chi connectivity index (χ3v) is 2.07. The van der Waals surface area contributed by atoms with Gasteiger partial charge in [-0.15, -0.1) is 0 Å². The van der Waals surface area contributed by atoms with Gasteiger partial charge in [0.25, 0.3) is 0 Å². The lowest BCUT2D eigenvalue weighted by Gasteiger charge is -2.05. The summed E-state index contributed by atoms with van der Waals surface area (Å²) in [5, 5.41) is 12.1. The molecule has 0 unspecified atom stereocenters. The lowest BCUT2D eigenvalue weighted by Crippen LogP contribution is -2.13. The van der Waals surface area contributed by atoms with Crippen molar-refractivity contribution in [1.82, 2.24) is 10.2 Å². The summed E-state index contributed by atoms with van der Waals surface area (Å²) in [6.45, 7) is 2.11. The molecule has 5 nitrogen and oxygen atoms in total. The molecule has 16 heavy (non-hydrogen) atoms. The standard InChI is InChI=1S/C11H11N3O2/c1-2-16-11(15)14-10-4-3-8-6-12-13-7-9(8)5-10/h3-7H,2H2,1H3,(H,14,15). The first-order valence-electron chi connectivity index (χ1n) is 4.94. The summed E-state index contributed by atoms with van der Waals surface area (Å²) in [7, 11) is 0. The maximum Gasteiger partial charge on any atom is 0.411 e. The van der Waals surface area contributed by atoms with Gasteiger partial charge in [0.1, 0.15) is 0 Å². The number of hydrogen-bond acceptors (Lipinski definition) is 4. The lowest BCUT2D eigenvalue weighted by molar-refractivity contribution is 0.168. The molecule has 1 aromatic carbocycles. The molecule has 0 spiro atoms. The number of carbonyl (C=O) groups excluding carboxylic acids is 1. The summed E-state index contributed by atoms with van der Waals surface area (Å²) >= 11 is 0. The molecule has 1 N–H and O–H groups in total. The molecule has 5 heteroatoms. The van der Waals surface area contributed by atoms with Gasteiger partial charge in [-0.2, -0.15) is 10.2 Å². The van der Waals surface area contributed by atoms with Crippen LogP contribution in [0.3, 0.4) is 0 Å². The fourth-order valence-electron chi connectivity index (χ4n) is 1.36. The zero-order chi connectivity index (χ0) is 11.4. The largest absolute Gasteiger partial charge is 0.450 e. The van der Waals surface area contributed by atoms with Crippen LogP contribution in [0.15, 0.2) is 30.6 Å². The SMILES string of the molecule is CCOC(=O)Nc1ccc2cnncc2c1. The second kappa shape index (κ2) is 4.57. The Morgan fingerprint density at radius 2 is 2.06 bits per heavy atom. The highest BCUT2D eigenvalue weighted by Crippen LogP contribution is 2.17. The molecule has 1 heterocycles. The molecule has 0 radical (unpaired) electrons. The smallest absolute Gasteiger partial charge is 0.411 e. The first-order chi connectivity index (χ1) is 7.79. The molecular formula is C11H11N3O2. The van der Waals surface area contributed by atoms with Crippen molar-refractivity contribution in [2.75, 3.05) is 11.9 Å². The fourth-order valence-corrected chi connectivity index (χ4v) is 1.36. The number of anilines is 1. The molecule has 82 valence electrons. The van der Waals surface area contributed by atoms with Gasteiger partial charge in [-0.25, -0.2) is 4.79 Å². The number of rotatable bonds is 2. The van der Waals surface area contributed by atoms with Crippen LogP contribution >= 0.6 is 0 Å². The number of nitrogens with zero attached hydrogens (tertiary/aromatic N) is 2. The first-order valence-corrected chi connectivity index (χ1v) is 4.94. The Labute approximate surface area is 92.4 Å². The molecular weight excluding hydrogens is 206 g/mol. The van der Waals surface area contributed by atoms with Crippen molar-refractivity contribution in [3.8, 4) is 0 Å². The predicted molar refractivity (Wildman–Crippen MR) is 60.2 cm³/mol. The van der Waals surface area contributed by atoms with Crippen LogP contribution in [-0.4, -0.2) is 22.9 Å². The van der Waals surface area contributed by atoms with E-state index in [1.54, 1.807) is 25.4 Å². The lowest BCUT2D eigenvalue weighted by atomic mass is 10.2. The van der Waals surface area contributed by atoms with Crippen LogP contribution in [0.2, 0.25) is 0 Å². The highest BCUT2D eigenvalue weighted by atomic mass is 16.5. The first kappa shape index (κ1) is 10.4. The summed E-state index contributed by atoms with van der Waals surface area (Å²) in [4.78, 5) is 11.2. The van der Waals surface area contributed by atoms with Crippen LogP contribution in [0.25, 0.3) is 10.8 Å². The second-order valence-electron chi connectivity index (χ2n) is 3.18. The number of amides is 1. The van der Waals surface area contributed by atoms with Gasteiger partial charge in [0.2, 0.25) is 0 Å². The molecule has 0 atom stereocenters. The van der Waals surface area contributed by atoms with Crippen molar-refractivity contribution in [2.45, 2.75) is 6.92 Å². The van der Waals surface area contributed by atoms with Crippen molar-refractivity contribution in [3.05, 3.63) is 30.6 Å². The number of fused-ring (bicyclic) bond motifs is 1. The number of benzene rings is 1. The average molecular weight is 217 g/mol. The average Bonchev–Trinajstić information content (AvgIpc) is 2.29. The van der Waals surface area contributed by atoms with E-state index in [4.69, 9.17) is 4.74 Å². The number of aromatic nitrogens is 2. The van der Waals surface area contributed by atoms with Crippen LogP contribution in [0.1, 0.15) is 6.92 Å². The van der Waals surface area contributed by atoms with Gasteiger partial charge in [-0.1, -0.05) is 6.07 Å². The van der Waals surface area contributed by atoms with E-state index in [0.29, 0.717) is 12.3 Å². The normalized spacial score (nSPS) is 10.1. The van der Waals surface area contributed by atoms with Crippen LogP contribution < -0.4 is 5.32 Å². The van der Waals surface area contributed by atoms with Crippen LogP contribution in [0, 0.1) is 0 Å². The molecule has 0 fully saturated rings. The number of hydrogen-bond donors (Lipinski definition) is 1. The third-order valence-electron chi connectivity index (χ3n) is 2.07. The Balaban J connectivity index is 2.22. The predicted octanol–water partition coefficient (Wildman–Crippen LogP) is 2.20. The zero-order valence-electron chi connectivity index (χ0n) is 8.80. The van der Waals surface area contributed by atoms with Gasteiger partial charge in [-0.05, 0) is 19.1 Å². The van der Waals surface area contributed by atoms with Crippen molar-refractivity contribution >= 4 is 22.6 Å². The quantitative estimate of drug-likeness (QED) is 0.837. The number of carbonyl (C=O) groups is 1. The Bertz CT molecular complexity index is 513. The Morgan fingerprint density at radius 1 is 1.31 bits per heavy atom. The Morgan fingerprint density at radius 3 is 2.81 bits per heavy atom. The second-order valence-corrected chi connectivity index (χ2v) is 3.18. The maximum atomic E-state index is 11.2. The van der Waals surface area contributed by atoms with E-state index in [1.807, 2.05) is 12.1 Å². The fraction of sp³-hybridized carbons (Fsp3) is 0.182. The summed E-state index contributed by atoms with van der Waals surface area (Å²) < 4.78 is 4.78. The minimum atomic E-state index is -0.455. The molecule has 0 aliphatic heterocycles. The van der Waals surface area contributed by atoms with Crippen molar-refractivity contribution in [2.24, 2.45) is 0 Å². The molecule has 0 saturated carbocycles. The monoisotopic (exact) mass is 217 g/mol. The number of ether oxygens (including phenoxy) is 1. The van der Waals surface area contributed by atoms with Crippen LogP contribution in [0.4, 0.5) is 10.5 Å². The minimum absolute atomic E-state index is 0.352. The highest BCUT2D eigenvalue weighted by Gasteiger charge is 2.02. The van der Waals surface area contributed by atoms with E-state index in [9.17, 15) is 4.79 Å². The van der Waals surface area contributed by atoms with Gasteiger partial charge in [0.15, 0.2) is 0 Å². The topological polar surface area (TPSA) is 64.1 Å². The molecule has 0 saturated heterocycles. The van der Waals surface area contributed by atoms with Gasteiger partial charge in [0, 0.05) is 16.5 Å². The van der Waals surface area contributed by atoms with Gasteiger partial charge < -0.3 is 4.74 Å². The summed E-state index contributed by atoms with van der Waals surface area (Å²) in [5.74, 6) is 0. The zero-order valence-corrected chi connectivity index (χ0v) is 8.80. The molecule has 0 bridgehead atoms. The maximum absolute atomic E-state index is 11.2. The van der Waals surface area contributed by atoms with Gasteiger partial charge in [-0.3, -0.25) is 5.32 Å². The molecule has 0 aliphatic rings. The van der Waals surface area contributed by atoms with E-state index < -0.39 is 6.09 Å². The summed E-state index contributed by atoms with van der Waals surface area (Å²) in [5.41, 5.74) is 0.680. The van der Waals surface area contributed by atoms with Crippen LogP contribution in [0.5, 0.6) is 0 Å². The highest BCUT2D eigenvalue weighted by molar-refractivity contribution is 5.90. The van der Waals surface area contributed by atoms with Crippen molar-refractivity contribution < 1.29 is 9.53 Å². The summed E-state index contributed by atoms with van der Waals surface area (Å²) in [6.07, 6.45) is 2.86. The molecule has 2 aromatic rings. The Kier molecular flexibility index (Phi) is 2.95. The number of nitrogens with one attached hydrogen (secondary N) is 1. The van der Waals surface area contributed by atoms with Gasteiger partial charge >= 0.3 is 6.09 Å². The molecule has 1 aromatic heterocycles. The molecule has 1 amide bonds. The molecule has 0 aliphatic carbocycles. The van der Waals surface area contributed by atoms with E-state index >= 15 is 0 Å². The van der Waals surface area contributed by atoms with E-state index in [2.05, 4.69) is 15.5 Å². The van der Waals surface area contributed by atoms with Crippen molar-refractivity contribution in [3.63, 3.8) is 0 Å².